The summed E-state index contributed by atoms with van der Waals surface area (Å²) in [6.45, 7) is 0.320. The number of carboxylic acid groups (broad SMARTS) is 1. The highest BCUT2D eigenvalue weighted by Crippen LogP contribution is 2.38. The third kappa shape index (κ3) is 3.35. The van der Waals surface area contributed by atoms with E-state index in [-0.39, 0.29) is 12.3 Å². The molecule has 7 heteroatoms. The minimum Gasteiger partial charge on any atom is -0.487 e. The summed E-state index contributed by atoms with van der Waals surface area (Å²) in [7, 11) is 0. The Hall–Kier alpha value is -2.67. The van der Waals surface area contributed by atoms with E-state index in [0.29, 0.717) is 6.61 Å². The van der Waals surface area contributed by atoms with Gasteiger partial charge in [-0.25, -0.2) is 9.67 Å². The predicted molar refractivity (Wildman–Crippen MR) is 97.9 cm³/mol. The summed E-state index contributed by atoms with van der Waals surface area (Å²) in [6, 6.07) is 9.59. The normalized spacial score (nSPS) is 16.2. The zero-order valence-electron chi connectivity index (χ0n) is 14.2. The third-order valence-electron chi connectivity index (χ3n) is 4.61. The van der Waals surface area contributed by atoms with E-state index in [1.807, 2.05) is 40.4 Å². The van der Waals surface area contributed by atoms with E-state index >= 15 is 0 Å². The van der Waals surface area contributed by atoms with Crippen molar-refractivity contribution >= 4 is 17.3 Å². The fourth-order valence-electron chi connectivity index (χ4n) is 3.56. The first kappa shape index (κ1) is 16.8. The average molecular weight is 369 g/mol. The Morgan fingerprint density at radius 2 is 2.19 bits per heavy atom. The van der Waals surface area contributed by atoms with Crippen molar-refractivity contribution in [3.63, 3.8) is 0 Å². The molecule has 0 saturated carbocycles. The van der Waals surface area contributed by atoms with Gasteiger partial charge in [0.25, 0.3) is 0 Å². The smallest absolute Gasteiger partial charge is 0.303 e. The van der Waals surface area contributed by atoms with Crippen LogP contribution in [0.2, 0.25) is 0 Å². The van der Waals surface area contributed by atoms with Gasteiger partial charge in [0.05, 0.1) is 12.1 Å². The maximum atomic E-state index is 11.3. The number of hydrogen-bond donors (Lipinski definition) is 1. The van der Waals surface area contributed by atoms with Gasteiger partial charge in [-0.05, 0) is 37.3 Å². The Balaban J connectivity index is 1.71. The molecule has 26 heavy (non-hydrogen) atoms. The van der Waals surface area contributed by atoms with E-state index in [4.69, 9.17) is 9.84 Å². The van der Waals surface area contributed by atoms with Crippen LogP contribution in [0.1, 0.15) is 42.1 Å². The van der Waals surface area contributed by atoms with Crippen molar-refractivity contribution in [1.82, 2.24) is 14.8 Å². The van der Waals surface area contributed by atoms with Crippen LogP contribution in [0, 0.1) is 0 Å². The molecule has 0 fully saturated rings. The highest BCUT2D eigenvalue weighted by atomic mass is 32.1. The van der Waals surface area contributed by atoms with Crippen LogP contribution in [0.4, 0.5) is 0 Å². The molecule has 1 unspecified atom stereocenters. The van der Waals surface area contributed by atoms with Crippen LogP contribution in [0.5, 0.6) is 5.75 Å². The van der Waals surface area contributed by atoms with Gasteiger partial charge in [-0.1, -0.05) is 18.2 Å². The summed E-state index contributed by atoms with van der Waals surface area (Å²) >= 11 is 1.52. The van der Waals surface area contributed by atoms with Crippen molar-refractivity contribution in [2.45, 2.75) is 38.2 Å². The number of rotatable bonds is 6. The van der Waals surface area contributed by atoms with E-state index < -0.39 is 5.97 Å². The van der Waals surface area contributed by atoms with E-state index in [0.717, 1.165) is 47.1 Å². The molecule has 4 rings (SSSR count). The van der Waals surface area contributed by atoms with Crippen molar-refractivity contribution < 1.29 is 14.6 Å². The van der Waals surface area contributed by atoms with Crippen molar-refractivity contribution in [3.05, 3.63) is 58.9 Å². The third-order valence-corrected chi connectivity index (χ3v) is 5.36. The maximum Gasteiger partial charge on any atom is 0.303 e. The summed E-state index contributed by atoms with van der Waals surface area (Å²) in [5.74, 6) is -0.0326. The molecule has 2 heterocycles. The lowest BCUT2D eigenvalue weighted by atomic mass is 9.83. The Morgan fingerprint density at radius 3 is 2.92 bits per heavy atom. The number of para-hydroxylation sites is 1. The molecule has 134 valence electrons. The maximum absolute atomic E-state index is 11.3. The lowest BCUT2D eigenvalue weighted by molar-refractivity contribution is -0.137. The molecule has 0 spiro atoms. The van der Waals surface area contributed by atoms with Crippen LogP contribution in [0.25, 0.3) is 5.13 Å². The first-order chi connectivity index (χ1) is 12.7. The number of aliphatic carboxylic acids is 1. The van der Waals surface area contributed by atoms with Gasteiger partial charge in [0, 0.05) is 17.1 Å². The molecule has 1 atom stereocenters. The molecule has 1 aromatic carbocycles. The van der Waals surface area contributed by atoms with Gasteiger partial charge < -0.3 is 9.84 Å². The molecule has 3 aromatic rings. The van der Waals surface area contributed by atoms with Crippen LogP contribution in [-0.4, -0.2) is 25.8 Å². The molecule has 1 aliphatic rings. The largest absolute Gasteiger partial charge is 0.487 e. The Labute approximate surface area is 155 Å². The zero-order chi connectivity index (χ0) is 17.9. The van der Waals surface area contributed by atoms with E-state index in [1.165, 1.54) is 11.3 Å². The second-order valence-electron chi connectivity index (χ2n) is 6.32. The van der Waals surface area contributed by atoms with Gasteiger partial charge in [-0.2, -0.15) is 5.10 Å². The van der Waals surface area contributed by atoms with E-state index in [1.54, 1.807) is 6.20 Å². The fourth-order valence-corrected chi connectivity index (χ4v) is 4.17. The van der Waals surface area contributed by atoms with Gasteiger partial charge in [-0.3, -0.25) is 4.79 Å². The quantitative estimate of drug-likeness (QED) is 0.715. The van der Waals surface area contributed by atoms with Crippen molar-refractivity contribution in [1.29, 1.82) is 0 Å². The van der Waals surface area contributed by atoms with Crippen LogP contribution >= 0.6 is 11.3 Å². The van der Waals surface area contributed by atoms with Gasteiger partial charge in [0.15, 0.2) is 0 Å². The Morgan fingerprint density at radius 1 is 1.35 bits per heavy atom. The lowest BCUT2D eigenvalue weighted by Crippen LogP contribution is -2.16. The predicted octanol–water partition coefficient (Wildman–Crippen LogP) is 3.80. The highest BCUT2D eigenvalue weighted by Gasteiger charge is 2.31. The van der Waals surface area contributed by atoms with Gasteiger partial charge in [-0.15, -0.1) is 11.3 Å². The average Bonchev–Trinajstić information content (AvgIpc) is 3.28. The molecule has 1 aliphatic carbocycles. The van der Waals surface area contributed by atoms with Crippen molar-refractivity contribution in [2.75, 3.05) is 0 Å². The number of thiazole rings is 1. The first-order valence-electron chi connectivity index (χ1n) is 8.62. The Kier molecular flexibility index (Phi) is 4.71. The molecule has 2 aromatic heterocycles. The number of ether oxygens (including phenoxy) is 1. The van der Waals surface area contributed by atoms with E-state index in [9.17, 15) is 9.90 Å². The number of carbonyl (C=O) groups is 1. The number of fused-ring (bicyclic) bond motifs is 1. The molecular formula is C19H19N3O3S. The number of nitrogens with zero attached hydrogens (tertiary/aromatic N) is 3. The minimum absolute atomic E-state index is 0.0284. The van der Waals surface area contributed by atoms with Crippen LogP contribution in [0.3, 0.4) is 0 Å². The van der Waals surface area contributed by atoms with Crippen molar-refractivity contribution in [2.24, 2.45) is 0 Å². The van der Waals surface area contributed by atoms with Crippen LogP contribution in [0.15, 0.2) is 41.9 Å². The minimum atomic E-state index is -0.778. The van der Waals surface area contributed by atoms with Gasteiger partial charge >= 0.3 is 5.97 Å². The number of hydrogen-bond acceptors (Lipinski definition) is 5. The molecule has 6 nitrogen and oxygen atoms in total. The number of aromatic nitrogens is 3. The SMILES string of the molecule is O=C(O)CC1CCCc2c1c(COc1ccccc1)nn2-c1nccs1. The van der Waals surface area contributed by atoms with Gasteiger partial charge in [0.2, 0.25) is 5.13 Å². The summed E-state index contributed by atoms with van der Waals surface area (Å²) < 4.78 is 7.77. The first-order valence-corrected chi connectivity index (χ1v) is 9.50. The molecule has 1 N–H and O–H groups in total. The second kappa shape index (κ2) is 7.29. The Bertz CT molecular complexity index is 890. The van der Waals surface area contributed by atoms with Crippen molar-refractivity contribution in [3.8, 4) is 10.9 Å². The summed E-state index contributed by atoms with van der Waals surface area (Å²) in [6.07, 6.45) is 4.58. The summed E-state index contributed by atoms with van der Waals surface area (Å²) in [4.78, 5) is 15.7. The van der Waals surface area contributed by atoms with E-state index in [2.05, 4.69) is 4.98 Å². The summed E-state index contributed by atoms with van der Waals surface area (Å²) in [5.41, 5.74) is 2.92. The number of carboxylic acids is 1. The molecule has 0 aliphatic heterocycles. The molecule has 0 amide bonds. The summed E-state index contributed by atoms with van der Waals surface area (Å²) in [5, 5.41) is 16.8. The van der Waals surface area contributed by atoms with Crippen LogP contribution < -0.4 is 4.74 Å². The monoisotopic (exact) mass is 369 g/mol. The standard InChI is InChI=1S/C19H19N3O3S/c23-17(24)11-13-5-4-8-16-18(13)15(12-25-14-6-2-1-3-7-14)21-22(16)19-20-9-10-26-19/h1-3,6-7,9-10,13H,4-5,8,11-12H2,(H,23,24). The molecule has 0 bridgehead atoms. The molecule has 0 radical (unpaired) electrons. The zero-order valence-corrected chi connectivity index (χ0v) is 15.0. The second-order valence-corrected chi connectivity index (χ2v) is 7.20. The fraction of sp³-hybridized carbons (Fsp3) is 0.316. The number of benzene rings is 1. The molecule has 0 saturated heterocycles. The molecular weight excluding hydrogens is 350 g/mol. The highest BCUT2D eigenvalue weighted by molar-refractivity contribution is 7.12. The van der Waals surface area contributed by atoms with Crippen LogP contribution in [-0.2, 0) is 17.8 Å². The topological polar surface area (TPSA) is 77.2 Å². The van der Waals surface area contributed by atoms with Gasteiger partial charge in [0.1, 0.15) is 18.1 Å². The lowest BCUT2D eigenvalue weighted by Gasteiger charge is -2.22.